The molecule has 0 spiro atoms. The number of hydrogen-bond acceptors (Lipinski definition) is 5. The lowest BCUT2D eigenvalue weighted by molar-refractivity contribution is 0.0528. The highest BCUT2D eigenvalue weighted by molar-refractivity contribution is 5.95. The second-order valence-electron chi connectivity index (χ2n) is 8.18. The minimum atomic E-state index is -0.482. The van der Waals surface area contributed by atoms with Gasteiger partial charge in [-0.25, -0.2) is 14.3 Å². The SMILES string of the molecule is CCOC(=O)c1c[nH]n2c(=O)cc(CN(Cc3ccc(C(C)C)cc3)C3CC3)nc12. The Morgan fingerprint density at radius 3 is 2.63 bits per heavy atom. The lowest BCUT2D eigenvalue weighted by Crippen LogP contribution is -2.27. The molecule has 2 heterocycles. The molecule has 0 unspecified atom stereocenters. The average molecular weight is 409 g/mol. The van der Waals surface area contributed by atoms with Gasteiger partial charge < -0.3 is 4.74 Å². The molecule has 1 fully saturated rings. The molecule has 0 bridgehead atoms. The van der Waals surface area contributed by atoms with Crippen LogP contribution in [0.2, 0.25) is 0 Å². The first-order valence-electron chi connectivity index (χ1n) is 10.6. The third-order valence-electron chi connectivity index (χ3n) is 5.51. The number of rotatable bonds is 8. The van der Waals surface area contributed by atoms with Crippen LogP contribution < -0.4 is 5.56 Å². The lowest BCUT2D eigenvalue weighted by atomic mass is 10.0. The Morgan fingerprint density at radius 2 is 2.00 bits per heavy atom. The van der Waals surface area contributed by atoms with E-state index in [2.05, 4.69) is 53.1 Å². The van der Waals surface area contributed by atoms with Crippen LogP contribution in [0.15, 0.2) is 41.3 Å². The molecule has 1 saturated carbocycles. The molecule has 0 aliphatic heterocycles. The van der Waals surface area contributed by atoms with Gasteiger partial charge in [0.15, 0.2) is 5.65 Å². The highest BCUT2D eigenvalue weighted by Crippen LogP contribution is 2.30. The van der Waals surface area contributed by atoms with Crippen molar-refractivity contribution < 1.29 is 9.53 Å². The number of H-pyrrole nitrogens is 1. The van der Waals surface area contributed by atoms with E-state index in [4.69, 9.17) is 4.74 Å². The molecular weight excluding hydrogens is 380 g/mol. The van der Waals surface area contributed by atoms with E-state index in [9.17, 15) is 9.59 Å². The highest BCUT2D eigenvalue weighted by atomic mass is 16.5. The zero-order valence-corrected chi connectivity index (χ0v) is 17.7. The van der Waals surface area contributed by atoms with Crippen molar-refractivity contribution in [3.63, 3.8) is 0 Å². The van der Waals surface area contributed by atoms with Crippen LogP contribution in [-0.2, 0) is 17.8 Å². The fourth-order valence-corrected chi connectivity index (χ4v) is 3.67. The van der Waals surface area contributed by atoms with Gasteiger partial charge in [0, 0.05) is 31.4 Å². The van der Waals surface area contributed by atoms with Crippen molar-refractivity contribution in [2.45, 2.75) is 58.7 Å². The molecule has 30 heavy (non-hydrogen) atoms. The van der Waals surface area contributed by atoms with Gasteiger partial charge in [0.2, 0.25) is 0 Å². The van der Waals surface area contributed by atoms with Crippen molar-refractivity contribution in [3.8, 4) is 0 Å². The molecule has 1 N–H and O–H groups in total. The van der Waals surface area contributed by atoms with Crippen molar-refractivity contribution >= 4 is 11.6 Å². The summed E-state index contributed by atoms with van der Waals surface area (Å²) in [6.07, 6.45) is 3.79. The lowest BCUT2D eigenvalue weighted by Gasteiger charge is -2.22. The summed E-state index contributed by atoms with van der Waals surface area (Å²) < 4.78 is 6.36. The Kier molecular flexibility index (Phi) is 5.72. The number of esters is 1. The molecule has 3 aromatic rings. The standard InChI is InChI=1S/C23H28N4O3/c1-4-30-23(29)20-12-24-27-21(28)11-18(25-22(20)27)14-26(19-9-10-19)13-16-5-7-17(8-6-16)15(2)3/h5-8,11-12,15,19,24H,4,9-10,13-14H2,1-3H3. The van der Waals surface area contributed by atoms with Crippen molar-refractivity contribution in [1.29, 1.82) is 0 Å². The molecular formula is C23H28N4O3. The molecule has 2 aromatic heterocycles. The summed E-state index contributed by atoms with van der Waals surface area (Å²) >= 11 is 0. The van der Waals surface area contributed by atoms with Gasteiger partial charge in [-0.3, -0.25) is 14.8 Å². The van der Waals surface area contributed by atoms with E-state index in [1.165, 1.54) is 27.9 Å². The maximum atomic E-state index is 12.5. The number of hydrogen-bond donors (Lipinski definition) is 1. The number of aromatic amines is 1. The molecule has 1 aliphatic carbocycles. The number of carbonyl (C=O) groups is 1. The number of nitrogens with one attached hydrogen (secondary N) is 1. The predicted octanol–water partition coefficient (Wildman–Crippen LogP) is 3.49. The fourth-order valence-electron chi connectivity index (χ4n) is 3.67. The number of aromatic nitrogens is 3. The van der Waals surface area contributed by atoms with Gasteiger partial charge >= 0.3 is 5.97 Å². The zero-order chi connectivity index (χ0) is 21.3. The quantitative estimate of drug-likeness (QED) is 0.577. The molecule has 7 nitrogen and oxygen atoms in total. The van der Waals surface area contributed by atoms with Gasteiger partial charge in [-0.05, 0) is 36.8 Å². The first kappa shape index (κ1) is 20.3. The van der Waals surface area contributed by atoms with E-state index in [-0.39, 0.29) is 17.7 Å². The topological polar surface area (TPSA) is 79.7 Å². The van der Waals surface area contributed by atoms with E-state index < -0.39 is 5.97 Å². The number of fused-ring (bicyclic) bond motifs is 1. The summed E-state index contributed by atoms with van der Waals surface area (Å²) in [6, 6.07) is 10.8. The molecule has 0 amide bonds. The second kappa shape index (κ2) is 8.44. The van der Waals surface area contributed by atoms with Crippen molar-refractivity contribution in [3.05, 3.63) is 69.3 Å². The molecule has 0 atom stereocenters. The van der Waals surface area contributed by atoms with E-state index in [1.54, 1.807) is 6.92 Å². The fraction of sp³-hybridized carbons (Fsp3) is 0.435. The first-order valence-corrected chi connectivity index (χ1v) is 10.6. The van der Waals surface area contributed by atoms with Gasteiger partial charge in [0.25, 0.3) is 5.56 Å². The monoisotopic (exact) mass is 408 g/mol. The number of nitrogens with zero attached hydrogens (tertiary/aromatic N) is 3. The molecule has 1 aliphatic rings. The molecule has 4 rings (SSSR count). The maximum Gasteiger partial charge on any atom is 0.343 e. The summed E-state index contributed by atoms with van der Waals surface area (Å²) in [6.45, 7) is 7.77. The third kappa shape index (κ3) is 4.31. The van der Waals surface area contributed by atoms with E-state index in [1.807, 2.05) is 0 Å². The van der Waals surface area contributed by atoms with Crippen LogP contribution in [-0.4, -0.2) is 38.1 Å². The van der Waals surface area contributed by atoms with Crippen LogP contribution >= 0.6 is 0 Å². The molecule has 158 valence electrons. The molecule has 0 radical (unpaired) electrons. The first-order chi connectivity index (χ1) is 14.5. The molecule has 1 aromatic carbocycles. The zero-order valence-electron chi connectivity index (χ0n) is 17.7. The van der Waals surface area contributed by atoms with Crippen LogP contribution in [0.5, 0.6) is 0 Å². The normalized spacial score (nSPS) is 14.0. The summed E-state index contributed by atoms with van der Waals surface area (Å²) in [5.41, 5.74) is 3.60. The Hall–Kier alpha value is -2.93. The maximum absolute atomic E-state index is 12.5. The van der Waals surface area contributed by atoms with Crippen molar-refractivity contribution in [1.82, 2.24) is 19.5 Å². The third-order valence-corrected chi connectivity index (χ3v) is 5.51. The van der Waals surface area contributed by atoms with Crippen molar-refractivity contribution in [2.24, 2.45) is 0 Å². The number of carbonyl (C=O) groups excluding carboxylic acids is 1. The van der Waals surface area contributed by atoms with E-state index in [0.717, 1.165) is 19.4 Å². The van der Waals surface area contributed by atoms with Gasteiger partial charge in [-0.2, -0.15) is 0 Å². The van der Waals surface area contributed by atoms with E-state index in [0.29, 0.717) is 29.8 Å². The van der Waals surface area contributed by atoms with Crippen LogP contribution in [0.25, 0.3) is 5.65 Å². The largest absolute Gasteiger partial charge is 0.462 e. The Morgan fingerprint density at radius 1 is 1.27 bits per heavy atom. The average Bonchev–Trinajstić information content (AvgIpc) is 3.47. The second-order valence-corrected chi connectivity index (χ2v) is 8.18. The van der Waals surface area contributed by atoms with Gasteiger partial charge in [-0.15, -0.1) is 0 Å². The van der Waals surface area contributed by atoms with Gasteiger partial charge in [-0.1, -0.05) is 38.1 Å². The highest BCUT2D eigenvalue weighted by Gasteiger charge is 2.29. The van der Waals surface area contributed by atoms with Gasteiger partial charge in [0.05, 0.1) is 12.3 Å². The number of ether oxygens (including phenoxy) is 1. The number of benzene rings is 1. The van der Waals surface area contributed by atoms with E-state index >= 15 is 0 Å². The van der Waals surface area contributed by atoms with Crippen molar-refractivity contribution in [2.75, 3.05) is 6.61 Å². The minimum Gasteiger partial charge on any atom is -0.462 e. The summed E-state index contributed by atoms with van der Waals surface area (Å²) in [5.74, 6) is 0.0297. The smallest absolute Gasteiger partial charge is 0.343 e. The molecule has 0 saturated heterocycles. The van der Waals surface area contributed by atoms with Crippen LogP contribution in [0.3, 0.4) is 0 Å². The van der Waals surface area contributed by atoms with Gasteiger partial charge in [0.1, 0.15) is 5.56 Å². The summed E-state index contributed by atoms with van der Waals surface area (Å²) in [4.78, 5) is 31.7. The van der Waals surface area contributed by atoms with Crippen LogP contribution in [0.4, 0.5) is 0 Å². The van der Waals surface area contributed by atoms with Crippen LogP contribution in [0.1, 0.15) is 66.7 Å². The minimum absolute atomic E-state index is 0.234. The summed E-state index contributed by atoms with van der Waals surface area (Å²) in [5, 5.41) is 2.79. The molecule has 7 heteroatoms. The Bertz CT molecular complexity index is 1090. The Labute approximate surface area is 175 Å². The predicted molar refractivity (Wildman–Crippen MR) is 115 cm³/mol. The Balaban J connectivity index is 1.58. The van der Waals surface area contributed by atoms with Crippen LogP contribution in [0, 0.1) is 0 Å². The summed E-state index contributed by atoms with van der Waals surface area (Å²) in [7, 11) is 0.